The zero-order valence-corrected chi connectivity index (χ0v) is 13.5. The first-order valence-corrected chi connectivity index (χ1v) is 9.16. The molecular weight excluding hydrogens is 318 g/mol. The molecule has 2 aromatic rings. The van der Waals surface area contributed by atoms with Crippen LogP contribution in [0.2, 0.25) is 0 Å². The quantitative estimate of drug-likeness (QED) is 0.679. The molecule has 2 heterocycles. The Morgan fingerprint density at radius 2 is 2.17 bits per heavy atom. The molecule has 8 heteroatoms. The number of non-ortho nitro benzene ring substituents is 1. The van der Waals surface area contributed by atoms with E-state index in [0.29, 0.717) is 23.9 Å². The molecule has 1 fully saturated rings. The Bertz CT molecular complexity index is 880. The zero-order valence-electron chi connectivity index (χ0n) is 12.7. The fourth-order valence-corrected chi connectivity index (χ4v) is 4.76. The smallest absolute Gasteiger partial charge is 0.270 e. The molecule has 0 saturated carbocycles. The number of anilines is 1. The third-order valence-electron chi connectivity index (χ3n) is 4.04. The highest BCUT2D eigenvalue weighted by atomic mass is 32.2. The van der Waals surface area contributed by atoms with Gasteiger partial charge >= 0.3 is 0 Å². The predicted molar refractivity (Wildman–Crippen MR) is 88.4 cm³/mol. The van der Waals surface area contributed by atoms with Crippen molar-refractivity contribution >= 4 is 32.1 Å². The number of nitrogens with one attached hydrogen (secondary N) is 1. The number of aromatic nitrogens is 1. The fraction of sp³-hybridized carbons (Fsp3) is 0.400. The van der Waals surface area contributed by atoms with Crippen LogP contribution in [-0.2, 0) is 9.84 Å². The van der Waals surface area contributed by atoms with Gasteiger partial charge in [-0.15, -0.1) is 0 Å². The lowest BCUT2D eigenvalue weighted by atomic mass is 10.1. The first-order chi connectivity index (χ1) is 10.8. The van der Waals surface area contributed by atoms with Gasteiger partial charge in [0.25, 0.3) is 5.69 Å². The number of aryl methyl sites for hydroxylation is 1. The molecule has 3 rings (SSSR count). The van der Waals surface area contributed by atoms with Gasteiger partial charge in [0.1, 0.15) is 0 Å². The van der Waals surface area contributed by atoms with E-state index in [1.807, 2.05) is 13.0 Å². The van der Waals surface area contributed by atoms with E-state index in [1.54, 1.807) is 6.07 Å². The monoisotopic (exact) mass is 335 g/mol. The minimum absolute atomic E-state index is 0.00893. The molecule has 0 unspecified atom stereocenters. The molecule has 122 valence electrons. The largest absolute Gasteiger partial charge is 0.384 e. The van der Waals surface area contributed by atoms with Crippen molar-refractivity contribution in [1.82, 2.24) is 4.98 Å². The second kappa shape index (κ2) is 5.77. The molecule has 1 N–H and O–H groups in total. The average Bonchev–Trinajstić information content (AvgIpc) is 2.83. The molecule has 1 saturated heterocycles. The summed E-state index contributed by atoms with van der Waals surface area (Å²) in [6.07, 6.45) is 0.650. The first-order valence-electron chi connectivity index (χ1n) is 7.34. The normalized spacial score (nSPS) is 19.8. The maximum Gasteiger partial charge on any atom is 0.270 e. The molecule has 1 aromatic heterocycles. The summed E-state index contributed by atoms with van der Waals surface area (Å²) in [5.74, 6) is 0.505. The summed E-state index contributed by atoms with van der Waals surface area (Å²) in [6, 6.07) is 6.39. The average molecular weight is 335 g/mol. The van der Waals surface area contributed by atoms with Gasteiger partial charge < -0.3 is 5.32 Å². The Kier molecular flexibility index (Phi) is 3.93. The Morgan fingerprint density at radius 1 is 1.39 bits per heavy atom. The van der Waals surface area contributed by atoms with E-state index in [9.17, 15) is 18.5 Å². The van der Waals surface area contributed by atoms with E-state index in [2.05, 4.69) is 10.3 Å². The van der Waals surface area contributed by atoms with Gasteiger partial charge in [-0.05, 0) is 31.4 Å². The molecule has 0 bridgehead atoms. The summed E-state index contributed by atoms with van der Waals surface area (Å²) in [7, 11) is -2.91. The summed E-state index contributed by atoms with van der Waals surface area (Å²) in [5, 5.41) is 14.9. The lowest BCUT2D eigenvalue weighted by molar-refractivity contribution is -0.384. The molecule has 0 aliphatic carbocycles. The summed E-state index contributed by atoms with van der Waals surface area (Å²) in [4.78, 5) is 14.9. The summed E-state index contributed by atoms with van der Waals surface area (Å²) in [5.41, 5.74) is 2.24. The van der Waals surface area contributed by atoms with Crippen molar-refractivity contribution in [3.63, 3.8) is 0 Å². The number of pyridine rings is 1. The van der Waals surface area contributed by atoms with E-state index < -0.39 is 14.8 Å². The third kappa shape index (κ3) is 3.42. The number of hydrogen-bond donors (Lipinski definition) is 1. The van der Waals surface area contributed by atoms with Gasteiger partial charge in [0.05, 0.1) is 21.9 Å². The van der Waals surface area contributed by atoms with E-state index in [-0.39, 0.29) is 23.1 Å². The molecule has 1 aromatic carbocycles. The Hall–Kier alpha value is -2.22. The van der Waals surface area contributed by atoms with Gasteiger partial charge in [-0.2, -0.15) is 0 Å². The standard InChI is InChI=1S/C15H17N3O4S/c1-10-6-15(16-8-11-4-5-23(21,22)9-11)13-7-12(18(19)20)2-3-14(13)17-10/h2-3,6-7,11H,4-5,8-9H2,1H3,(H,16,17)/t11-/m0/s1. The van der Waals surface area contributed by atoms with Crippen LogP contribution in [0.25, 0.3) is 10.9 Å². The molecule has 1 aliphatic rings. The number of sulfone groups is 1. The van der Waals surface area contributed by atoms with Crippen molar-refractivity contribution in [3.8, 4) is 0 Å². The van der Waals surface area contributed by atoms with Gasteiger partial charge in [0, 0.05) is 35.4 Å². The molecule has 7 nitrogen and oxygen atoms in total. The van der Waals surface area contributed by atoms with Crippen LogP contribution in [0.15, 0.2) is 24.3 Å². The van der Waals surface area contributed by atoms with Crippen LogP contribution in [0.5, 0.6) is 0 Å². The van der Waals surface area contributed by atoms with E-state index in [1.165, 1.54) is 12.1 Å². The van der Waals surface area contributed by atoms with Crippen LogP contribution in [0.1, 0.15) is 12.1 Å². The highest BCUT2D eigenvalue weighted by Crippen LogP contribution is 2.28. The van der Waals surface area contributed by atoms with Crippen LogP contribution >= 0.6 is 0 Å². The minimum atomic E-state index is -2.91. The maximum atomic E-state index is 11.5. The SMILES string of the molecule is Cc1cc(NC[C@@H]2CCS(=O)(=O)C2)c2cc([N+](=O)[O-])ccc2n1. The number of fused-ring (bicyclic) bond motifs is 1. The van der Waals surface area contributed by atoms with E-state index >= 15 is 0 Å². The maximum absolute atomic E-state index is 11.5. The molecule has 0 spiro atoms. The highest BCUT2D eigenvalue weighted by Gasteiger charge is 2.27. The van der Waals surface area contributed by atoms with Gasteiger partial charge in [0.15, 0.2) is 9.84 Å². The molecule has 1 atom stereocenters. The topological polar surface area (TPSA) is 102 Å². The van der Waals surface area contributed by atoms with Crippen molar-refractivity contribution < 1.29 is 13.3 Å². The molecule has 1 aliphatic heterocycles. The lowest BCUT2D eigenvalue weighted by Crippen LogP contribution is -2.16. The molecule has 0 amide bonds. The predicted octanol–water partition coefficient (Wildman–Crippen LogP) is 2.30. The highest BCUT2D eigenvalue weighted by molar-refractivity contribution is 7.91. The Balaban J connectivity index is 1.89. The molecular formula is C15H17N3O4S. The van der Waals surface area contributed by atoms with Gasteiger partial charge in [0.2, 0.25) is 0 Å². The van der Waals surface area contributed by atoms with Gasteiger partial charge in [-0.3, -0.25) is 15.1 Å². The van der Waals surface area contributed by atoms with Crippen LogP contribution in [-0.4, -0.2) is 36.4 Å². The van der Waals surface area contributed by atoms with Crippen LogP contribution in [0, 0.1) is 23.0 Å². The number of nitrogens with zero attached hydrogens (tertiary/aromatic N) is 2. The molecule has 0 radical (unpaired) electrons. The van der Waals surface area contributed by atoms with Gasteiger partial charge in [-0.25, -0.2) is 8.42 Å². The number of benzene rings is 1. The fourth-order valence-electron chi connectivity index (χ4n) is 2.89. The minimum Gasteiger partial charge on any atom is -0.384 e. The molecule has 23 heavy (non-hydrogen) atoms. The first kappa shape index (κ1) is 15.7. The van der Waals surface area contributed by atoms with Crippen molar-refractivity contribution in [1.29, 1.82) is 0 Å². The third-order valence-corrected chi connectivity index (χ3v) is 5.88. The zero-order chi connectivity index (χ0) is 16.6. The Labute approximate surface area is 133 Å². The van der Waals surface area contributed by atoms with Crippen molar-refractivity contribution in [2.75, 3.05) is 23.4 Å². The van der Waals surface area contributed by atoms with E-state index in [4.69, 9.17) is 0 Å². The number of nitro groups is 1. The summed E-state index contributed by atoms with van der Waals surface area (Å²) < 4.78 is 23.1. The second-order valence-corrected chi connectivity index (χ2v) is 8.15. The van der Waals surface area contributed by atoms with Crippen LogP contribution < -0.4 is 5.32 Å². The Morgan fingerprint density at radius 3 is 2.83 bits per heavy atom. The summed E-state index contributed by atoms with van der Waals surface area (Å²) in [6.45, 7) is 2.38. The van der Waals surface area contributed by atoms with Crippen LogP contribution in [0.4, 0.5) is 11.4 Å². The van der Waals surface area contributed by atoms with Crippen molar-refractivity contribution in [2.45, 2.75) is 13.3 Å². The summed E-state index contributed by atoms with van der Waals surface area (Å²) >= 11 is 0. The second-order valence-electron chi connectivity index (χ2n) is 5.92. The number of hydrogen-bond acceptors (Lipinski definition) is 6. The lowest BCUT2D eigenvalue weighted by Gasteiger charge is -2.13. The van der Waals surface area contributed by atoms with Gasteiger partial charge in [-0.1, -0.05) is 0 Å². The number of rotatable bonds is 4. The van der Waals surface area contributed by atoms with Crippen LogP contribution in [0.3, 0.4) is 0 Å². The van der Waals surface area contributed by atoms with Crippen molar-refractivity contribution in [2.24, 2.45) is 5.92 Å². The number of nitro benzene ring substituents is 1. The van der Waals surface area contributed by atoms with E-state index in [0.717, 1.165) is 11.4 Å². The van der Waals surface area contributed by atoms with Crippen molar-refractivity contribution in [3.05, 3.63) is 40.1 Å².